The topological polar surface area (TPSA) is 106 Å². The van der Waals surface area contributed by atoms with E-state index in [1.165, 1.54) is 17.6 Å². The van der Waals surface area contributed by atoms with Gasteiger partial charge in [0.1, 0.15) is 28.6 Å². The van der Waals surface area contributed by atoms with Gasteiger partial charge in [-0.15, -0.1) is 0 Å². The fraction of sp³-hybridized carbons (Fsp3) is 0.182. The van der Waals surface area contributed by atoms with Crippen LogP contribution in [0.5, 0.6) is 11.6 Å². The summed E-state index contributed by atoms with van der Waals surface area (Å²) >= 11 is 0. The van der Waals surface area contributed by atoms with Crippen LogP contribution in [0, 0.1) is 18.3 Å². The summed E-state index contributed by atoms with van der Waals surface area (Å²) < 4.78 is 12.1. The van der Waals surface area contributed by atoms with E-state index < -0.39 is 11.5 Å². The number of rotatable bonds is 7. The predicted molar refractivity (Wildman–Crippen MR) is 111 cm³/mol. The minimum Gasteiger partial charge on any atom is -0.438 e. The van der Waals surface area contributed by atoms with Crippen molar-refractivity contribution in [3.8, 4) is 17.7 Å². The van der Waals surface area contributed by atoms with Crippen molar-refractivity contribution >= 4 is 17.6 Å². The summed E-state index contributed by atoms with van der Waals surface area (Å²) in [5, 5.41) is 12.0. The molecule has 0 radical (unpaired) electrons. The quantitative estimate of drug-likeness (QED) is 0.368. The molecular weight excluding hydrogens is 384 g/mol. The van der Waals surface area contributed by atoms with E-state index >= 15 is 0 Å². The van der Waals surface area contributed by atoms with Crippen molar-refractivity contribution < 1.29 is 14.3 Å². The Kier molecular flexibility index (Phi) is 6.57. The molecule has 0 spiro atoms. The lowest BCUT2D eigenvalue weighted by molar-refractivity contribution is -0.117. The highest BCUT2D eigenvalue weighted by Crippen LogP contribution is 2.24. The van der Waals surface area contributed by atoms with Gasteiger partial charge in [0.05, 0.1) is 6.61 Å². The van der Waals surface area contributed by atoms with Crippen LogP contribution in [-0.2, 0) is 9.53 Å². The third kappa shape index (κ3) is 4.71. The molecule has 2 aromatic heterocycles. The number of aryl methyl sites for hydroxylation is 1. The van der Waals surface area contributed by atoms with Crippen molar-refractivity contribution in [2.45, 2.75) is 6.92 Å². The van der Waals surface area contributed by atoms with E-state index in [4.69, 9.17) is 9.47 Å². The summed E-state index contributed by atoms with van der Waals surface area (Å²) in [6.45, 7) is 2.47. The fourth-order valence-electron chi connectivity index (χ4n) is 2.66. The number of hydrogen-bond acceptors (Lipinski definition) is 6. The van der Waals surface area contributed by atoms with E-state index in [1.54, 1.807) is 36.5 Å². The summed E-state index contributed by atoms with van der Waals surface area (Å²) in [6.07, 6.45) is 2.75. The number of fused-ring (bicyclic) bond motifs is 1. The molecule has 0 fully saturated rings. The molecule has 0 aliphatic rings. The number of nitrogens with one attached hydrogen (secondary N) is 1. The zero-order chi connectivity index (χ0) is 21.5. The Morgan fingerprint density at radius 3 is 2.73 bits per heavy atom. The highest BCUT2D eigenvalue weighted by Gasteiger charge is 2.17. The highest BCUT2D eigenvalue weighted by molar-refractivity contribution is 6.01. The van der Waals surface area contributed by atoms with E-state index in [-0.39, 0.29) is 23.6 Å². The normalized spacial score (nSPS) is 11.2. The maximum Gasteiger partial charge on any atom is 0.269 e. The van der Waals surface area contributed by atoms with Gasteiger partial charge in [-0.3, -0.25) is 14.0 Å². The highest BCUT2D eigenvalue weighted by atomic mass is 16.5. The smallest absolute Gasteiger partial charge is 0.269 e. The molecule has 1 amide bonds. The van der Waals surface area contributed by atoms with Gasteiger partial charge in [-0.2, -0.15) is 10.2 Å². The molecule has 152 valence electrons. The summed E-state index contributed by atoms with van der Waals surface area (Å²) in [6, 6.07) is 14.2. The van der Waals surface area contributed by atoms with Gasteiger partial charge < -0.3 is 14.8 Å². The van der Waals surface area contributed by atoms with Gasteiger partial charge in [0.2, 0.25) is 5.88 Å². The van der Waals surface area contributed by atoms with Gasteiger partial charge in [-0.25, -0.2) is 0 Å². The van der Waals surface area contributed by atoms with Gasteiger partial charge in [0.25, 0.3) is 11.5 Å². The van der Waals surface area contributed by atoms with Crippen LogP contribution in [0.3, 0.4) is 0 Å². The van der Waals surface area contributed by atoms with Gasteiger partial charge in [-0.1, -0.05) is 23.8 Å². The van der Waals surface area contributed by atoms with E-state index in [9.17, 15) is 14.9 Å². The second-order valence-corrected chi connectivity index (χ2v) is 6.40. The van der Waals surface area contributed by atoms with E-state index in [1.807, 2.05) is 25.1 Å². The van der Waals surface area contributed by atoms with Crippen molar-refractivity contribution in [3.63, 3.8) is 0 Å². The van der Waals surface area contributed by atoms with Crippen molar-refractivity contribution in [2.24, 2.45) is 0 Å². The van der Waals surface area contributed by atoms with Crippen LogP contribution >= 0.6 is 0 Å². The number of nitrogens with zero attached hydrogens (tertiary/aromatic N) is 3. The SMILES string of the molecule is COCCNC(=O)/C(C#N)=C/c1c(Oc2ccc(C)cc2)nc2ccccn2c1=O. The van der Waals surface area contributed by atoms with Crippen LogP contribution in [0.1, 0.15) is 11.1 Å². The van der Waals surface area contributed by atoms with E-state index in [2.05, 4.69) is 10.3 Å². The minimum atomic E-state index is -0.617. The standard InChI is InChI=1S/C22H20N4O4/c1-15-6-8-17(9-7-15)30-21-18(13-16(14-23)20(27)24-10-12-29-2)22(28)26-11-4-3-5-19(26)25-21/h3-9,11,13H,10,12H2,1-2H3,(H,24,27)/b16-13+. The Bertz CT molecular complexity index is 1190. The average molecular weight is 404 g/mol. The number of pyridine rings is 1. The lowest BCUT2D eigenvalue weighted by Gasteiger charge is -2.10. The number of ether oxygens (including phenoxy) is 2. The maximum absolute atomic E-state index is 13.1. The first-order valence-corrected chi connectivity index (χ1v) is 9.18. The molecule has 1 N–H and O–H groups in total. The van der Waals surface area contributed by atoms with E-state index in [0.29, 0.717) is 18.0 Å². The average Bonchev–Trinajstić information content (AvgIpc) is 2.75. The van der Waals surface area contributed by atoms with Crippen molar-refractivity contribution in [2.75, 3.05) is 20.3 Å². The number of hydrogen-bond donors (Lipinski definition) is 1. The Morgan fingerprint density at radius 1 is 1.27 bits per heavy atom. The minimum absolute atomic E-state index is 0.00211. The molecule has 0 atom stereocenters. The summed E-state index contributed by atoms with van der Waals surface area (Å²) in [7, 11) is 1.50. The largest absolute Gasteiger partial charge is 0.438 e. The molecule has 0 aliphatic carbocycles. The van der Waals surface area contributed by atoms with Crippen molar-refractivity contribution in [1.29, 1.82) is 5.26 Å². The first kappa shape index (κ1) is 20.8. The number of methoxy groups -OCH3 is 1. The van der Waals surface area contributed by atoms with Crippen molar-refractivity contribution in [3.05, 3.63) is 75.7 Å². The van der Waals surface area contributed by atoms with Gasteiger partial charge in [0, 0.05) is 19.9 Å². The Morgan fingerprint density at radius 2 is 2.03 bits per heavy atom. The van der Waals surface area contributed by atoms with Gasteiger partial charge >= 0.3 is 0 Å². The first-order valence-electron chi connectivity index (χ1n) is 9.18. The second kappa shape index (κ2) is 9.49. The van der Waals surface area contributed by atoms with Crippen LogP contribution in [0.25, 0.3) is 11.7 Å². The Hall–Kier alpha value is -3.96. The molecule has 0 unspecified atom stereocenters. The molecule has 1 aromatic carbocycles. The molecule has 8 heteroatoms. The molecule has 30 heavy (non-hydrogen) atoms. The Balaban J connectivity index is 2.09. The van der Waals surface area contributed by atoms with Crippen LogP contribution in [-0.4, -0.2) is 35.6 Å². The summed E-state index contributed by atoms with van der Waals surface area (Å²) in [4.78, 5) is 29.8. The molecule has 2 heterocycles. The zero-order valence-electron chi connectivity index (χ0n) is 16.6. The Labute approximate surface area is 173 Å². The molecule has 0 saturated carbocycles. The number of nitriles is 1. The summed E-state index contributed by atoms with van der Waals surface area (Å²) in [5.41, 5.74) is 0.728. The van der Waals surface area contributed by atoms with Crippen LogP contribution in [0.15, 0.2) is 59.0 Å². The number of carbonyl (C=O) groups is 1. The fourth-order valence-corrected chi connectivity index (χ4v) is 2.66. The van der Waals surface area contributed by atoms with Crippen molar-refractivity contribution in [1.82, 2.24) is 14.7 Å². The number of carbonyl (C=O) groups excluding carboxylic acids is 1. The molecule has 8 nitrogen and oxygen atoms in total. The predicted octanol–water partition coefficient (Wildman–Crippen LogP) is 2.46. The summed E-state index contributed by atoms with van der Waals surface area (Å²) in [5.74, 6) is -0.133. The van der Waals surface area contributed by atoms with Gasteiger partial charge in [0.15, 0.2) is 0 Å². The molecule has 0 saturated heterocycles. The van der Waals surface area contributed by atoms with Crippen LogP contribution < -0.4 is 15.6 Å². The van der Waals surface area contributed by atoms with Crippen LogP contribution in [0.2, 0.25) is 0 Å². The molecule has 0 bridgehead atoms. The number of benzene rings is 1. The third-order valence-electron chi connectivity index (χ3n) is 4.22. The number of amides is 1. The lowest BCUT2D eigenvalue weighted by Crippen LogP contribution is -2.28. The number of aromatic nitrogens is 2. The molecule has 3 aromatic rings. The monoisotopic (exact) mass is 404 g/mol. The lowest BCUT2D eigenvalue weighted by atomic mass is 10.1. The van der Waals surface area contributed by atoms with Gasteiger partial charge in [-0.05, 0) is 37.3 Å². The third-order valence-corrected chi connectivity index (χ3v) is 4.22. The molecule has 3 rings (SSSR count). The zero-order valence-corrected chi connectivity index (χ0v) is 16.6. The van der Waals surface area contributed by atoms with Crippen LogP contribution in [0.4, 0.5) is 0 Å². The first-order chi connectivity index (χ1) is 14.5. The van der Waals surface area contributed by atoms with E-state index in [0.717, 1.165) is 5.56 Å². The molecule has 0 aliphatic heterocycles. The molecular formula is C22H20N4O4. The second-order valence-electron chi connectivity index (χ2n) is 6.40. The maximum atomic E-state index is 13.1.